The summed E-state index contributed by atoms with van der Waals surface area (Å²) in [6.45, 7) is 0.107. The number of hydrogen-bond acceptors (Lipinski definition) is 5. The van der Waals surface area contributed by atoms with Gasteiger partial charge in [0.1, 0.15) is 5.82 Å². The maximum Gasteiger partial charge on any atom is 0.328 e. The van der Waals surface area contributed by atoms with Gasteiger partial charge in [-0.2, -0.15) is 0 Å². The van der Waals surface area contributed by atoms with Crippen LogP contribution < -0.4 is 10.6 Å². The number of aliphatic carboxylic acids is 1. The van der Waals surface area contributed by atoms with Crippen molar-refractivity contribution in [1.82, 2.24) is 15.3 Å². The van der Waals surface area contributed by atoms with E-state index in [4.69, 9.17) is 5.11 Å². The molecule has 0 fully saturated rings. The molecule has 1 heterocycles. The summed E-state index contributed by atoms with van der Waals surface area (Å²) < 4.78 is 0. The van der Waals surface area contributed by atoms with Crippen LogP contribution in [-0.4, -0.2) is 40.5 Å². The van der Waals surface area contributed by atoms with E-state index >= 15 is 0 Å². The standard InChI is InChI=1S/C16H16N4O3/c1-17-15(21)10-19-14-9-18-8-13(20-14)12-4-2-3-11(7-12)5-6-16(22)23/h2-9H,10H2,1H3,(H,17,21)(H,19,20)(H,22,23)/b6-5+. The zero-order valence-electron chi connectivity index (χ0n) is 12.5. The highest BCUT2D eigenvalue weighted by molar-refractivity contribution is 5.85. The molecule has 0 aliphatic heterocycles. The molecule has 1 aromatic heterocycles. The molecule has 23 heavy (non-hydrogen) atoms. The van der Waals surface area contributed by atoms with E-state index in [2.05, 4.69) is 20.6 Å². The average molecular weight is 312 g/mol. The minimum atomic E-state index is -1.00. The van der Waals surface area contributed by atoms with Gasteiger partial charge in [-0.3, -0.25) is 9.78 Å². The van der Waals surface area contributed by atoms with Crippen molar-refractivity contribution in [2.75, 3.05) is 18.9 Å². The molecule has 0 saturated heterocycles. The lowest BCUT2D eigenvalue weighted by Gasteiger charge is -2.07. The number of rotatable bonds is 6. The molecular weight excluding hydrogens is 296 g/mol. The van der Waals surface area contributed by atoms with Gasteiger partial charge in [0.2, 0.25) is 5.91 Å². The van der Waals surface area contributed by atoms with Crippen molar-refractivity contribution in [3.63, 3.8) is 0 Å². The Morgan fingerprint density at radius 1 is 1.30 bits per heavy atom. The van der Waals surface area contributed by atoms with Crippen LogP contribution in [0.1, 0.15) is 5.56 Å². The lowest BCUT2D eigenvalue weighted by Crippen LogP contribution is -2.26. The number of anilines is 1. The minimum Gasteiger partial charge on any atom is -0.478 e. The van der Waals surface area contributed by atoms with Crippen molar-refractivity contribution in [2.45, 2.75) is 0 Å². The summed E-state index contributed by atoms with van der Waals surface area (Å²) >= 11 is 0. The van der Waals surface area contributed by atoms with Crippen molar-refractivity contribution in [3.05, 3.63) is 48.3 Å². The van der Waals surface area contributed by atoms with Crippen LogP contribution in [0.5, 0.6) is 0 Å². The molecule has 0 spiro atoms. The summed E-state index contributed by atoms with van der Waals surface area (Å²) in [6.07, 6.45) is 5.71. The molecule has 0 atom stereocenters. The lowest BCUT2D eigenvalue weighted by molar-refractivity contribution is -0.131. The van der Waals surface area contributed by atoms with Gasteiger partial charge in [-0.25, -0.2) is 9.78 Å². The second kappa shape index (κ2) is 7.69. The van der Waals surface area contributed by atoms with Crippen LogP contribution in [0, 0.1) is 0 Å². The van der Waals surface area contributed by atoms with Crippen LogP contribution in [0.15, 0.2) is 42.7 Å². The maximum absolute atomic E-state index is 11.2. The Morgan fingerprint density at radius 3 is 2.87 bits per heavy atom. The Hall–Kier alpha value is -3.22. The first-order chi connectivity index (χ1) is 11.1. The number of hydrogen-bond donors (Lipinski definition) is 3. The molecule has 0 aliphatic carbocycles. The number of aromatic nitrogens is 2. The van der Waals surface area contributed by atoms with Crippen LogP contribution in [0.2, 0.25) is 0 Å². The van der Waals surface area contributed by atoms with Crippen molar-refractivity contribution in [2.24, 2.45) is 0 Å². The van der Waals surface area contributed by atoms with Gasteiger partial charge in [0, 0.05) is 18.7 Å². The van der Waals surface area contributed by atoms with Crippen LogP contribution in [0.4, 0.5) is 5.82 Å². The van der Waals surface area contributed by atoms with Crippen LogP contribution in [0.25, 0.3) is 17.3 Å². The van der Waals surface area contributed by atoms with Crippen LogP contribution in [-0.2, 0) is 9.59 Å². The summed E-state index contributed by atoms with van der Waals surface area (Å²) in [4.78, 5) is 30.3. The monoisotopic (exact) mass is 312 g/mol. The summed E-state index contributed by atoms with van der Waals surface area (Å²) in [7, 11) is 1.56. The molecule has 0 bridgehead atoms. The van der Waals surface area contributed by atoms with Gasteiger partial charge < -0.3 is 15.7 Å². The van der Waals surface area contributed by atoms with Gasteiger partial charge in [0.15, 0.2) is 0 Å². The number of nitrogens with one attached hydrogen (secondary N) is 2. The number of carboxylic acid groups (broad SMARTS) is 1. The van der Waals surface area contributed by atoms with Gasteiger partial charge >= 0.3 is 5.97 Å². The zero-order valence-corrected chi connectivity index (χ0v) is 12.5. The molecule has 2 aromatic rings. The SMILES string of the molecule is CNC(=O)CNc1cncc(-c2cccc(/C=C/C(=O)O)c2)n1. The fourth-order valence-corrected chi connectivity index (χ4v) is 1.82. The molecule has 3 N–H and O–H groups in total. The first kappa shape index (κ1) is 16.2. The van der Waals surface area contributed by atoms with E-state index in [-0.39, 0.29) is 12.5 Å². The molecule has 0 unspecified atom stereocenters. The second-order valence-electron chi connectivity index (χ2n) is 4.61. The highest BCUT2D eigenvalue weighted by atomic mass is 16.4. The Labute approximate surface area is 133 Å². The Bertz CT molecular complexity index is 744. The Kier molecular flexibility index (Phi) is 5.40. The summed E-state index contributed by atoms with van der Waals surface area (Å²) in [5.41, 5.74) is 2.17. The van der Waals surface area contributed by atoms with E-state index in [0.29, 0.717) is 11.5 Å². The van der Waals surface area contributed by atoms with Gasteiger partial charge in [-0.1, -0.05) is 18.2 Å². The molecule has 1 amide bonds. The number of carboxylic acids is 1. The summed E-state index contributed by atoms with van der Waals surface area (Å²) in [5, 5.41) is 14.1. The molecule has 7 heteroatoms. The third-order valence-electron chi connectivity index (χ3n) is 2.94. The number of likely N-dealkylation sites (N-methyl/N-ethyl adjacent to an activating group) is 1. The quantitative estimate of drug-likeness (QED) is 0.697. The highest BCUT2D eigenvalue weighted by Crippen LogP contribution is 2.19. The summed E-state index contributed by atoms with van der Waals surface area (Å²) in [6, 6.07) is 7.27. The zero-order chi connectivity index (χ0) is 16.7. The minimum absolute atomic E-state index is 0.107. The topological polar surface area (TPSA) is 104 Å². The average Bonchev–Trinajstić information content (AvgIpc) is 2.58. The van der Waals surface area contributed by atoms with E-state index < -0.39 is 5.97 Å². The third-order valence-corrected chi connectivity index (χ3v) is 2.94. The Balaban J connectivity index is 2.20. The van der Waals surface area contributed by atoms with Crippen molar-refractivity contribution >= 4 is 23.8 Å². The van der Waals surface area contributed by atoms with Crippen molar-refractivity contribution < 1.29 is 14.7 Å². The normalized spacial score (nSPS) is 10.5. The van der Waals surface area contributed by atoms with Gasteiger partial charge in [0.05, 0.1) is 24.6 Å². The molecule has 2 rings (SSSR count). The number of carbonyl (C=O) groups is 2. The predicted octanol–water partition coefficient (Wildman–Crippen LogP) is 1.40. The third kappa shape index (κ3) is 4.92. The molecule has 0 aliphatic rings. The number of nitrogens with zero attached hydrogens (tertiary/aromatic N) is 2. The van der Waals surface area contributed by atoms with Crippen LogP contribution in [0.3, 0.4) is 0 Å². The molecule has 118 valence electrons. The van der Waals surface area contributed by atoms with Crippen molar-refractivity contribution in [3.8, 4) is 11.3 Å². The fourth-order valence-electron chi connectivity index (χ4n) is 1.82. The largest absolute Gasteiger partial charge is 0.478 e. The Morgan fingerprint density at radius 2 is 2.13 bits per heavy atom. The predicted molar refractivity (Wildman–Crippen MR) is 86.7 cm³/mol. The molecule has 7 nitrogen and oxygen atoms in total. The molecule has 0 saturated carbocycles. The van der Waals surface area contributed by atoms with Crippen molar-refractivity contribution in [1.29, 1.82) is 0 Å². The maximum atomic E-state index is 11.2. The lowest BCUT2D eigenvalue weighted by atomic mass is 10.1. The van der Waals surface area contributed by atoms with E-state index in [0.717, 1.165) is 17.2 Å². The fraction of sp³-hybridized carbons (Fsp3) is 0.125. The smallest absolute Gasteiger partial charge is 0.328 e. The van der Waals surface area contributed by atoms with Gasteiger partial charge in [-0.15, -0.1) is 0 Å². The number of amides is 1. The first-order valence-electron chi connectivity index (χ1n) is 6.86. The molecule has 0 radical (unpaired) electrons. The van der Waals surface area contributed by atoms with E-state index in [1.807, 2.05) is 18.2 Å². The second-order valence-corrected chi connectivity index (χ2v) is 4.61. The van der Waals surface area contributed by atoms with Gasteiger partial charge in [-0.05, 0) is 17.7 Å². The highest BCUT2D eigenvalue weighted by Gasteiger charge is 2.04. The van der Waals surface area contributed by atoms with E-state index in [1.54, 1.807) is 19.3 Å². The molecular formula is C16H16N4O3. The van der Waals surface area contributed by atoms with E-state index in [1.165, 1.54) is 12.3 Å². The van der Waals surface area contributed by atoms with Crippen LogP contribution >= 0.6 is 0 Å². The molecule has 1 aromatic carbocycles. The van der Waals surface area contributed by atoms with Gasteiger partial charge in [0.25, 0.3) is 0 Å². The first-order valence-corrected chi connectivity index (χ1v) is 6.86. The number of benzene rings is 1. The summed E-state index contributed by atoms with van der Waals surface area (Å²) in [5.74, 6) is -0.675. The number of carbonyl (C=O) groups excluding carboxylic acids is 1. The van der Waals surface area contributed by atoms with E-state index in [9.17, 15) is 9.59 Å².